The minimum absolute atomic E-state index is 0.0103. The SMILES string of the molecule is O=C1CCN(c2cncc3c(C4CC(CN5CCN(CC6CCC(n7cc(NC(=O)c8cnn9ccc(N%10C[C@H]%11C[C@@H]%10CO%11)nc89)c(C(F)F)n7)CC6)CC5)C4)cccc23)C(=O)N1. The summed E-state index contributed by atoms with van der Waals surface area (Å²) in [5.41, 5.74) is 2.19. The predicted molar refractivity (Wildman–Crippen MR) is 230 cm³/mol. The van der Waals surface area contributed by atoms with E-state index in [2.05, 4.69) is 52.6 Å². The number of fused-ring (bicyclic) bond motifs is 4. The summed E-state index contributed by atoms with van der Waals surface area (Å²) in [6, 6.07) is 8.02. The largest absolute Gasteiger partial charge is 0.374 e. The molecule has 4 aliphatic heterocycles. The van der Waals surface area contributed by atoms with E-state index < -0.39 is 24.1 Å². The Morgan fingerprint density at radius 2 is 1.70 bits per heavy atom. The Morgan fingerprint density at radius 3 is 2.43 bits per heavy atom. The van der Waals surface area contributed by atoms with Crippen molar-refractivity contribution in [2.45, 2.75) is 81.9 Å². The van der Waals surface area contributed by atoms with Gasteiger partial charge in [0.15, 0.2) is 11.3 Å². The number of rotatable bonds is 11. The monoisotopic (exact) mass is 862 g/mol. The molecule has 330 valence electrons. The fraction of sp³-hybridized carbons (Fsp3) is 0.533. The molecule has 1 aromatic carbocycles. The Morgan fingerprint density at radius 1 is 0.905 bits per heavy atom. The number of amides is 4. The number of halogens is 2. The Bertz CT molecular complexity index is 2540. The lowest BCUT2D eigenvalue weighted by atomic mass is 9.70. The molecule has 16 nitrogen and oxygen atoms in total. The molecule has 2 bridgehead atoms. The number of carbonyl (C=O) groups excluding carboxylic acids is 3. The van der Waals surface area contributed by atoms with Crippen molar-refractivity contribution in [3.63, 3.8) is 0 Å². The van der Waals surface area contributed by atoms with Gasteiger partial charge in [0.1, 0.15) is 11.4 Å². The van der Waals surface area contributed by atoms with Crippen molar-refractivity contribution >= 4 is 51.5 Å². The van der Waals surface area contributed by atoms with E-state index in [-0.39, 0.29) is 41.8 Å². The lowest BCUT2D eigenvalue weighted by molar-refractivity contribution is -0.120. The summed E-state index contributed by atoms with van der Waals surface area (Å²) < 4.78 is 37.5. The third-order valence-electron chi connectivity index (χ3n) is 14.5. The van der Waals surface area contributed by atoms with Crippen molar-refractivity contribution in [3.8, 4) is 0 Å². The standard InChI is InChI=1S/C45H52F2N12O4/c46-42(47)41-37(50-44(61)36-20-49-58-11-8-39(51-43(36)58)57-24-32-18-31(57)26-63-32)25-59(53-41)30-6-4-27(5-7-30)22-54-12-14-55(15-13-54)23-28-16-29(17-28)33-2-1-3-34-35(33)19-48-21-38(34)56-10-9-40(60)52-45(56)62/h1-3,8,11,19-21,25,27-32,42H,4-7,9-10,12-18,22-24,26H2,(H,50,61)(H,52,60,62)/t27?,28?,29?,30?,31-,32-/m1/s1. The highest BCUT2D eigenvalue weighted by Gasteiger charge is 2.40. The van der Waals surface area contributed by atoms with Crippen LogP contribution >= 0.6 is 0 Å². The van der Waals surface area contributed by atoms with Crippen molar-refractivity contribution in [2.24, 2.45) is 11.8 Å². The fourth-order valence-electron chi connectivity index (χ4n) is 11.1. The molecule has 18 heteroatoms. The molecule has 4 amide bonds. The van der Waals surface area contributed by atoms with Gasteiger partial charge in [-0.25, -0.2) is 23.1 Å². The number of aromatic nitrogens is 6. The van der Waals surface area contributed by atoms with E-state index in [9.17, 15) is 23.2 Å². The highest BCUT2D eigenvalue weighted by atomic mass is 19.3. The first-order chi connectivity index (χ1) is 30.7. The number of carbonyl (C=O) groups is 3. The topological polar surface area (TPSA) is 158 Å². The molecular weight excluding hydrogens is 811 g/mol. The number of hydrogen-bond donors (Lipinski definition) is 2. The summed E-state index contributed by atoms with van der Waals surface area (Å²) >= 11 is 0. The van der Waals surface area contributed by atoms with Gasteiger partial charge in [-0.2, -0.15) is 10.2 Å². The first-order valence-electron chi connectivity index (χ1n) is 22.5. The zero-order valence-electron chi connectivity index (χ0n) is 35.1. The Kier molecular flexibility index (Phi) is 10.5. The van der Waals surface area contributed by atoms with Crippen LogP contribution in [0.2, 0.25) is 0 Å². The van der Waals surface area contributed by atoms with E-state index in [1.54, 1.807) is 28.2 Å². The van der Waals surface area contributed by atoms with Crippen LogP contribution in [0, 0.1) is 11.8 Å². The van der Waals surface area contributed by atoms with Crippen LogP contribution in [0.25, 0.3) is 16.4 Å². The highest BCUT2D eigenvalue weighted by molar-refractivity contribution is 6.10. The van der Waals surface area contributed by atoms with E-state index in [1.165, 1.54) is 16.3 Å². The van der Waals surface area contributed by atoms with E-state index in [1.807, 2.05) is 18.3 Å². The molecule has 63 heavy (non-hydrogen) atoms. The predicted octanol–water partition coefficient (Wildman–Crippen LogP) is 5.63. The van der Waals surface area contributed by atoms with Crippen molar-refractivity contribution in [1.29, 1.82) is 0 Å². The van der Waals surface area contributed by atoms with E-state index in [4.69, 9.17) is 9.72 Å². The summed E-state index contributed by atoms with van der Waals surface area (Å²) in [6.07, 6.45) is 12.9. The van der Waals surface area contributed by atoms with Crippen LogP contribution in [0.4, 0.5) is 30.8 Å². The van der Waals surface area contributed by atoms with Gasteiger partial charge in [-0.05, 0) is 74.3 Å². The second kappa shape index (κ2) is 16.5. The van der Waals surface area contributed by atoms with Crippen LogP contribution in [0.3, 0.4) is 0 Å². The first kappa shape index (κ1) is 40.2. The van der Waals surface area contributed by atoms with Gasteiger partial charge in [0.25, 0.3) is 12.3 Å². The second-order valence-electron chi connectivity index (χ2n) is 18.4. The van der Waals surface area contributed by atoms with Gasteiger partial charge in [-0.3, -0.25) is 29.5 Å². The zero-order chi connectivity index (χ0) is 42.8. The second-order valence-corrected chi connectivity index (χ2v) is 18.4. The minimum atomic E-state index is -2.84. The summed E-state index contributed by atoms with van der Waals surface area (Å²) in [4.78, 5) is 56.2. The molecule has 0 unspecified atom stereocenters. The Balaban J connectivity index is 0.647. The van der Waals surface area contributed by atoms with Crippen LogP contribution in [-0.2, 0) is 9.53 Å². The summed E-state index contributed by atoms with van der Waals surface area (Å²) in [6.45, 7) is 8.09. The number of urea groups is 1. The highest BCUT2D eigenvalue weighted by Crippen LogP contribution is 2.45. The van der Waals surface area contributed by atoms with Gasteiger partial charge in [0.05, 0.1) is 48.6 Å². The molecule has 2 atom stereocenters. The smallest absolute Gasteiger partial charge is 0.328 e. The number of morpholine rings is 1. The number of nitrogens with one attached hydrogen (secondary N) is 2. The van der Waals surface area contributed by atoms with Crippen molar-refractivity contribution < 1.29 is 27.9 Å². The van der Waals surface area contributed by atoms with E-state index in [0.29, 0.717) is 36.6 Å². The van der Waals surface area contributed by atoms with Crippen molar-refractivity contribution in [3.05, 3.63) is 72.1 Å². The number of ether oxygens (including phenoxy) is 1. The molecule has 0 radical (unpaired) electrons. The summed E-state index contributed by atoms with van der Waals surface area (Å²) in [5, 5.41) is 15.8. The molecule has 8 heterocycles. The molecule has 6 fully saturated rings. The number of alkyl halides is 2. The molecular formula is C45H52F2N12O4. The van der Waals surface area contributed by atoms with Gasteiger partial charge < -0.3 is 24.8 Å². The average Bonchev–Trinajstić information content (AvgIpc) is 4.10. The van der Waals surface area contributed by atoms with Gasteiger partial charge in [0.2, 0.25) is 5.91 Å². The van der Waals surface area contributed by atoms with Crippen LogP contribution in [-0.4, -0.2) is 128 Å². The van der Waals surface area contributed by atoms with Gasteiger partial charge in [-0.15, -0.1) is 0 Å². The molecule has 5 aromatic rings. The van der Waals surface area contributed by atoms with Gasteiger partial charge >= 0.3 is 6.03 Å². The summed E-state index contributed by atoms with van der Waals surface area (Å²) in [5.74, 6) is 1.59. The lowest BCUT2D eigenvalue weighted by Crippen LogP contribution is -2.50. The number of piperazine rings is 1. The number of anilines is 3. The first-order valence-corrected chi connectivity index (χ1v) is 22.5. The third kappa shape index (κ3) is 7.79. The molecule has 11 rings (SSSR count). The van der Waals surface area contributed by atoms with Crippen LogP contribution in [0.5, 0.6) is 0 Å². The molecule has 2 aliphatic carbocycles. The molecule has 4 aromatic heterocycles. The maximum atomic E-state index is 14.3. The maximum absolute atomic E-state index is 14.3. The van der Waals surface area contributed by atoms with Crippen molar-refractivity contribution in [1.82, 2.24) is 44.5 Å². The number of imide groups is 1. The van der Waals surface area contributed by atoms with E-state index in [0.717, 1.165) is 113 Å². The quantitative estimate of drug-likeness (QED) is 0.170. The Hall–Kier alpha value is -5.59. The zero-order valence-corrected chi connectivity index (χ0v) is 35.1. The average molecular weight is 863 g/mol. The van der Waals surface area contributed by atoms with Gasteiger partial charge in [0, 0.05) is 88.1 Å². The Labute approximate surface area is 362 Å². The normalized spacial score (nSPS) is 26.8. The number of benzene rings is 1. The molecule has 2 saturated carbocycles. The van der Waals surface area contributed by atoms with Crippen LogP contribution in [0.1, 0.15) is 91.4 Å². The molecule has 2 N–H and O–H groups in total. The number of pyridine rings is 1. The lowest BCUT2D eigenvalue weighted by Gasteiger charge is -2.43. The molecule has 0 spiro atoms. The summed E-state index contributed by atoms with van der Waals surface area (Å²) in [7, 11) is 0. The number of nitrogens with zero attached hydrogens (tertiary/aromatic N) is 10. The maximum Gasteiger partial charge on any atom is 0.328 e. The third-order valence-corrected chi connectivity index (χ3v) is 14.5. The van der Waals surface area contributed by atoms with Crippen LogP contribution < -0.4 is 20.4 Å². The van der Waals surface area contributed by atoms with E-state index >= 15 is 0 Å². The molecule has 6 aliphatic rings. The molecule has 4 saturated heterocycles. The van der Waals surface area contributed by atoms with Gasteiger partial charge in [-0.1, -0.05) is 18.2 Å². The minimum Gasteiger partial charge on any atom is -0.374 e. The van der Waals surface area contributed by atoms with Crippen molar-refractivity contribution in [2.75, 3.05) is 74.1 Å². The fourth-order valence-corrected chi connectivity index (χ4v) is 11.1. The number of hydrogen-bond acceptors (Lipinski definition) is 11. The van der Waals surface area contributed by atoms with Crippen LogP contribution in [0.15, 0.2) is 55.2 Å².